The van der Waals surface area contributed by atoms with Gasteiger partial charge in [0.05, 0.1) is 13.7 Å². The van der Waals surface area contributed by atoms with Crippen LogP contribution in [0, 0.1) is 6.57 Å². The van der Waals surface area contributed by atoms with Crippen LogP contribution < -0.4 is 4.74 Å². The van der Waals surface area contributed by atoms with E-state index in [-0.39, 0.29) is 5.78 Å². The second-order valence-corrected chi connectivity index (χ2v) is 3.69. The average Bonchev–Trinajstić information content (AvgIpc) is 2.46. The van der Waals surface area contributed by atoms with Gasteiger partial charge in [-0.1, -0.05) is 24.3 Å². The molecule has 3 heteroatoms. The molecule has 0 amide bonds. The second kappa shape index (κ2) is 5.15. The van der Waals surface area contributed by atoms with Crippen molar-refractivity contribution in [3.63, 3.8) is 0 Å². The van der Waals surface area contributed by atoms with Crippen LogP contribution in [0.5, 0.6) is 5.75 Å². The third kappa shape index (κ3) is 2.23. The SMILES string of the molecule is [C-]#[N+]c1ccccc1C(=O)c1ccc(OC)cc1. The monoisotopic (exact) mass is 237 g/mol. The summed E-state index contributed by atoms with van der Waals surface area (Å²) in [5, 5.41) is 0. The Bertz CT molecular complexity index is 609. The molecule has 0 saturated carbocycles. The van der Waals surface area contributed by atoms with Crippen molar-refractivity contribution >= 4 is 11.5 Å². The summed E-state index contributed by atoms with van der Waals surface area (Å²) in [5.41, 5.74) is 1.35. The number of para-hydroxylation sites is 1. The van der Waals surface area contributed by atoms with Crippen LogP contribution in [0.25, 0.3) is 4.85 Å². The van der Waals surface area contributed by atoms with Crippen molar-refractivity contribution in [3.8, 4) is 5.75 Å². The zero-order chi connectivity index (χ0) is 13.0. The predicted molar refractivity (Wildman–Crippen MR) is 69.1 cm³/mol. The number of benzene rings is 2. The lowest BCUT2D eigenvalue weighted by atomic mass is 10.0. The Kier molecular flexibility index (Phi) is 3.40. The van der Waals surface area contributed by atoms with Gasteiger partial charge in [-0.05, 0) is 24.3 Å². The lowest BCUT2D eigenvalue weighted by Crippen LogP contribution is -2.01. The summed E-state index contributed by atoms with van der Waals surface area (Å²) in [7, 11) is 1.57. The maximum absolute atomic E-state index is 12.2. The van der Waals surface area contributed by atoms with E-state index in [0.717, 1.165) is 0 Å². The van der Waals surface area contributed by atoms with Gasteiger partial charge in [-0.25, -0.2) is 4.85 Å². The van der Waals surface area contributed by atoms with Crippen LogP contribution in [0.15, 0.2) is 48.5 Å². The molecule has 18 heavy (non-hydrogen) atoms. The quantitative estimate of drug-likeness (QED) is 0.604. The van der Waals surface area contributed by atoms with Crippen LogP contribution in [0.1, 0.15) is 15.9 Å². The highest BCUT2D eigenvalue weighted by Crippen LogP contribution is 2.22. The summed E-state index contributed by atoms with van der Waals surface area (Å²) < 4.78 is 5.04. The van der Waals surface area contributed by atoms with Crippen LogP contribution in [-0.4, -0.2) is 12.9 Å². The van der Waals surface area contributed by atoms with Crippen molar-refractivity contribution in [1.29, 1.82) is 0 Å². The smallest absolute Gasteiger partial charge is 0.198 e. The number of ether oxygens (including phenoxy) is 1. The summed E-state index contributed by atoms with van der Waals surface area (Å²) in [6.07, 6.45) is 0. The van der Waals surface area contributed by atoms with Crippen molar-refractivity contribution < 1.29 is 9.53 Å². The number of ketones is 1. The van der Waals surface area contributed by atoms with Crippen LogP contribution in [0.4, 0.5) is 5.69 Å². The van der Waals surface area contributed by atoms with Gasteiger partial charge in [-0.2, -0.15) is 0 Å². The van der Waals surface area contributed by atoms with Gasteiger partial charge in [-0.3, -0.25) is 4.79 Å². The number of hydrogen-bond acceptors (Lipinski definition) is 2. The molecule has 2 aromatic rings. The van der Waals surface area contributed by atoms with E-state index in [2.05, 4.69) is 4.85 Å². The summed E-state index contributed by atoms with van der Waals surface area (Å²) in [5.74, 6) is 0.550. The van der Waals surface area contributed by atoms with Gasteiger partial charge in [0.2, 0.25) is 0 Å². The Morgan fingerprint density at radius 3 is 2.39 bits per heavy atom. The number of hydrogen-bond donors (Lipinski definition) is 0. The molecule has 0 aliphatic rings. The van der Waals surface area contributed by atoms with Crippen LogP contribution in [-0.2, 0) is 0 Å². The van der Waals surface area contributed by atoms with Gasteiger partial charge < -0.3 is 4.74 Å². The molecular formula is C15H11NO2. The number of nitrogens with zero attached hydrogens (tertiary/aromatic N) is 1. The molecule has 0 atom stereocenters. The maximum atomic E-state index is 12.2. The van der Waals surface area contributed by atoms with E-state index in [9.17, 15) is 4.79 Å². The molecule has 0 spiro atoms. The molecule has 0 radical (unpaired) electrons. The van der Waals surface area contributed by atoms with Gasteiger partial charge in [0, 0.05) is 11.1 Å². The van der Waals surface area contributed by atoms with Gasteiger partial charge in [-0.15, -0.1) is 0 Å². The fourth-order valence-electron chi connectivity index (χ4n) is 1.66. The Morgan fingerprint density at radius 2 is 1.78 bits per heavy atom. The molecule has 0 aliphatic heterocycles. The Morgan fingerprint density at radius 1 is 1.11 bits per heavy atom. The van der Waals surface area contributed by atoms with Crippen molar-refractivity contribution in [1.82, 2.24) is 0 Å². The molecule has 3 nitrogen and oxygen atoms in total. The number of carbonyl (C=O) groups excluding carboxylic acids is 1. The standard InChI is InChI=1S/C15H11NO2/c1-16-14-6-4-3-5-13(14)15(17)11-7-9-12(18-2)10-8-11/h3-10H,2H3. The lowest BCUT2D eigenvalue weighted by molar-refractivity contribution is 0.103. The summed E-state index contributed by atoms with van der Waals surface area (Å²) in [4.78, 5) is 15.6. The van der Waals surface area contributed by atoms with Crippen molar-refractivity contribution in [2.24, 2.45) is 0 Å². The highest BCUT2D eigenvalue weighted by molar-refractivity contribution is 6.12. The number of carbonyl (C=O) groups is 1. The molecule has 0 N–H and O–H groups in total. The minimum Gasteiger partial charge on any atom is -0.497 e. The Labute approximate surface area is 105 Å². The zero-order valence-corrected chi connectivity index (χ0v) is 9.88. The molecule has 0 aliphatic carbocycles. The molecule has 0 aromatic heterocycles. The third-order valence-electron chi connectivity index (χ3n) is 2.62. The normalized spacial score (nSPS) is 9.56. The number of methoxy groups -OCH3 is 1. The van der Waals surface area contributed by atoms with E-state index in [4.69, 9.17) is 11.3 Å². The minimum atomic E-state index is -0.149. The van der Waals surface area contributed by atoms with Gasteiger partial charge in [0.1, 0.15) is 5.75 Å². The van der Waals surface area contributed by atoms with Gasteiger partial charge >= 0.3 is 0 Å². The highest BCUT2D eigenvalue weighted by atomic mass is 16.5. The first kappa shape index (κ1) is 11.9. The fraction of sp³-hybridized carbons (Fsp3) is 0.0667. The van der Waals surface area contributed by atoms with Crippen molar-refractivity contribution in [3.05, 3.63) is 71.1 Å². The molecule has 2 aromatic carbocycles. The van der Waals surface area contributed by atoms with Crippen LogP contribution in [0.2, 0.25) is 0 Å². The first-order valence-electron chi connectivity index (χ1n) is 5.41. The summed E-state index contributed by atoms with van der Waals surface area (Å²) in [6.45, 7) is 7.06. The molecular weight excluding hydrogens is 226 g/mol. The molecule has 0 unspecified atom stereocenters. The molecule has 0 heterocycles. The predicted octanol–water partition coefficient (Wildman–Crippen LogP) is 3.48. The first-order valence-corrected chi connectivity index (χ1v) is 5.41. The average molecular weight is 237 g/mol. The second-order valence-electron chi connectivity index (χ2n) is 3.69. The van der Waals surface area contributed by atoms with Crippen molar-refractivity contribution in [2.75, 3.05) is 7.11 Å². The maximum Gasteiger partial charge on any atom is 0.198 e. The van der Waals surface area contributed by atoms with Gasteiger partial charge in [0.15, 0.2) is 11.5 Å². The Balaban J connectivity index is 2.39. The van der Waals surface area contributed by atoms with E-state index in [1.54, 1.807) is 55.6 Å². The third-order valence-corrected chi connectivity index (χ3v) is 2.62. The Hall–Kier alpha value is -2.60. The molecule has 0 saturated heterocycles. The largest absolute Gasteiger partial charge is 0.497 e. The van der Waals surface area contributed by atoms with Crippen LogP contribution >= 0.6 is 0 Å². The molecule has 88 valence electrons. The number of rotatable bonds is 3. The van der Waals surface area contributed by atoms with E-state index in [1.807, 2.05) is 0 Å². The zero-order valence-electron chi connectivity index (χ0n) is 9.88. The molecule has 2 rings (SSSR count). The first-order chi connectivity index (χ1) is 8.76. The molecule has 0 bridgehead atoms. The summed E-state index contributed by atoms with van der Waals surface area (Å²) in [6, 6.07) is 13.7. The van der Waals surface area contributed by atoms with E-state index in [0.29, 0.717) is 22.6 Å². The minimum absolute atomic E-state index is 0.149. The summed E-state index contributed by atoms with van der Waals surface area (Å²) >= 11 is 0. The van der Waals surface area contributed by atoms with E-state index in [1.165, 1.54) is 0 Å². The van der Waals surface area contributed by atoms with Crippen LogP contribution in [0.3, 0.4) is 0 Å². The van der Waals surface area contributed by atoms with Crippen molar-refractivity contribution in [2.45, 2.75) is 0 Å². The lowest BCUT2D eigenvalue weighted by Gasteiger charge is -2.04. The fourth-order valence-corrected chi connectivity index (χ4v) is 1.66. The van der Waals surface area contributed by atoms with E-state index >= 15 is 0 Å². The highest BCUT2D eigenvalue weighted by Gasteiger charge is 2.12. The van der Waals surface area contributed by atoms with Gasteiger partial charge in [0.25, 0.3) is 0 Å². The molecule has 0 fully saturated rings. The van der Waals surface area contributed by atoms with E-state index < -0.39 is 0 Å². The topological polar surface area (TPSA) is 30.7 Å².